The van der Waals surface area contributed by atoms with E-state index >= 15 is 0 Å². The first-order valence-electron chi connectivity index (χ1n) is 10.4. The van der Waals surface area contributed by atoms with E-state index in [1.165, 1.54) is 0 Å². The van der Waals surface area contributed by atoms with Crippen LogP contribution in [0, 0.1) is 17.5 Å². The summed E-state index contributed by atoms with van der Waals surface area (Å²) in [5.41, 5.74) is 4.32. The van der Waals surface area contributed by atoms with Crippen molar-refractivity contribution in [2.75, 3.05) is 0 Å². The first kappa shape index (κ1) is 19.1. The van der Waals surface area contributed by atoms with Crippen molar-refractivity contribution in [3.8, 4) is 11.3 Å². The molecule has 0 saturated carbocycles. The van der Waals surface area contributed by atoms with Crippen LogP contribution in [0.4, 0.5) is 13.2 Å². The van der Waals surface area contributed by atoms with Gasteiger partial charge in [-0.25, -0.2) is 18.2 Å². The molecule has 9 heteroatoms. The Kier molecular flexibility index (Phi) is 3.99. The summed E-state index contributed by atoms with van der Waals surface area (Å²) in [7, 11) is 1.69. The second kappa shape index (κ2) is 6.69. The number of carbonyl (C=O) groups excluding carboxylic acids is 1. The third-order valence-corrected chi connectivity index (χ3v) is 6.61. The van der Waals surface area contributed by atoms with Crippen LogP contribution in [-0.2, 0) is 13.5 Å². The molecular weight excluding hydrogens is 419 g/mol. The van der Waals surface area contributed by atoms with Gasteiger partial charge in [0.15, 0.2) is 17.5 Å². The highest BCUT2D eigenvalue weighted by Crippen LogP contribution is 2.47. The number of para-hydroxylation sites is 1. The second-order valence-electron chi connectivity index (χ2n) is 8.36. The number of rotatable bonds is 2. The fraction of sp³-hybridized carbons (Fsp3) is 0.261. The van der Waals surface area contributed by atoms with Crippen molar-refractivity contribution >= 4 is 16.9 Å². The lowest BCUT2D eigenvalue weighted by Gasteiger charge is -2.34. The molecule has 6 rings (SSSR count). The Morgan fingerprint density at radius 1 is 1.16 bits per heavy atom. The molecule has 2 aliphatic rings. The topological polar surface area (TPSA) is 66.8 Å². The second-order valence-corrected chi connectivity index (χ2v) is 8.36. The molecule has 0 aliphatic carbocycles. The number of aromatic nitrogens is 4. The van der Waals surface area contributed by atoms with Gasteiger partial charge in [0, 0.05) is 24.2 Å². The van der Waals surface area contributed by atoms with Crippen molar-refractivity contribution < 1.29 is 18.0 Å². The van der Waals surface area contributed by atoms with Crippen molar-refractivity contribution in [2.45, 2.75) is 31.3 Å². The number of aryl methyl sites for hydroxylation is 1. The Balaban J connectivity index is 1.44. The van der Waals surface area contributed by atoms with Crippen molar-refractivity contribution in [3.05, 3.63) is 70.9 Å². The van der Waals surface area contributed by atoms with Crippen LogP contribution in [0.3, 0.4) is 0 Å². The maximum Gasteiger partial charge on any atom is 0.256 e. The highest BCUT2D eigenvalue weighted by atomic mass is 19.2. The minimum atomic E-state index is -1.49. The highest BCUT2D eigenvalue weighted by molar-refractivity contribution is 6.05. The molecule has 4 heterocycles. The van der Waals surface area contributed by atoms with Gasteiger partial charge >= 0.3 is 0 Å². The lowest BCUT2D eigenvalue weighted by Crippen LogP contribution is -2.42. The zero-order valence-electron chi connectivity index (χ0n) is 17.1. The molecule has 2 aromatic carbocycles. The zero-order chi connectivity index (χ0) is 22.1. The van der Waals surface area contributed by atoms with E-state index in [1.807, 2.05) is 17.0 Å². The summed E-state index contributed by atoms with van der Waals surface area (Å²) < 4.78 is 42.9. The Morgan fingerprint density at radius 2 is 1.94 bits per heavy atom. The maximum atomic E-state index is 13.9. The molecule has 1 N–H and O–H groups in total. The van der Waals surface area contributed by atoms with Gasteiger partial charge < -0.3 is 9.88 Å². The molecule has 32 heavy (non-hydrogen) atoms. The minimum Gasteiger partial charge on any atom is -0.345 e. The minimum absolute atomic E-state index is 0.0627. The van der Waals surface area contributed by atoms with E-state index < -0.39 is 17.5 Å². The summed E-state index contributed by atoms with van der Waals surface area (Å²) in [5.74, 6) is -4.07. The summed E-state index contributed by atoms with van der Waals surface area (Å²) in [6, 6.07) is 7.15. The number of nitrogens with one attached hydrogen (secondary N) is 1. The first-order valence-corrected chi connectivity index (χ1v) is 10.4. The molecule has 1 saturated heterocycles. The van der Waals surface area contributed by atoms with Gasteiger partial charge in [-0.15, -0.1) is 0 Å². The molecule has 0 radical (unpaired) electrons. The number of aromatic amines is 1. The van der Waals surface area contributed by atoms with Gasteiger partial charge in [-0.1, -0.05) is 6.07 Å². The van der Waals surface area contributed by atoms with E-state index in [0.717, 1.165) is 41.7 Å². The monoisotopic (exact) mass is 437 g/mol. The molecule has 2 aliphatic heterocycles. The van der Waals surface area contributed by atoms with Gasteiger partial charge in [-0.2, -0.15) is 5.10 Å². The molecule has 0 spiro atoms. The lowest BCUT2D eigenvalue weighted by atomic mass is 9.94. The average molecular weight is 437 g/mol. The first-order chi connectivity index (χ1) is 15.4. The molecule has 2 bridgehead atoms. The van der Waals surface area contributed by atoms with Gasteiger partial charge in [-0.05, 0) is 43.5 Å². The Bertz CT molecular complexity index is 1390. The van der Waals surface area contributed by atoms with E-state index in [1.54, 1.807) is 24.1 Å². The highest BCUT2D eigenvalue weighted by Gasteiger charge is 2.46. The summed E-state index contributed by atoms with van der Waals surface area (Å²) in [6.45, 7) is 0. The van der Waals surface area contributed by atoms with Crippen LogP contribution < -0.4 is 0 Å². The average Bonchev–Trinajstić information content (AvgIpc) is 3.46. The van der Waals surface area contributed by atoms with Crippen LogP contribution >= 0.6 is 0 Å². The zero-order valence-corrected chi connectivity index (χ0v) is 17.1. The standard InChI is InChI=1S/C23H18F3N5O/c1-30-22(11-7-15(24)19(26)16(25)8-11)14-9-12-5-6-18(21(14)29-30)31(12)23(32)13-3-2-4-17-20(13)28-10-27-17/h2-4,7-8,10,12,18H,5-6,9H2,1H3,(H,27,28)/t12-,18+/m1/s1. The third kappa shape index (κ3) is 2.57. The van der Waals surface area contributed by atoms with Crippen LogP contribution in [0.15, 0.2) is 36.7 Å². The summed E-state index contributed by atoms with van der Waals surface area (Å²) >= 11 is 0. The molecule has 4 aromatic rings. The van der Waals surface area contributed by atoms with Crippen LogP contribution in [0.5, 0.6) is 0 Å². The van der Waals surface area contributed by atoms with Crippen LogP contribution in [0.25, 0.3) is 22.3 Å². The van der Waals surface area contributed by atoms with E-state index in [0.29, 0.717) is 23.2 Å². The predicted octanol–water partition coefficient (Wildman–Crippen LogP) is 4.28. The quantitative estimate of drug-likeness (QED) is 0.476. The Hall–Kier alpha value is -3.62. The van der Waals surface area contributed by atoms with Gasteiger partial charge in [0.05, 0.1) is 34.8 Å². The van der Waals surface area contributed by atoms with E-state index in [4.69, 9.17) is 0 Å². The van der Waals surface area contributed by atoms with Crippen molar-refractivity contribution in [2.24, 2.45) is 7.05 Å². The molecule has 6 nitrogen and oxygen atoms in total. The van der Waals surface area contributed by atoms with Crippen LogP contribution in [-0.4, -0.2) is 36.6 Å². The van der Waals surface area contributed by atoms with Gasteiger partial charge in [0.1, 0.15) is 5.52 Å². The fourth-order valence-corrected chi connectivity index (χ4v) is 5.28. The normalized spacial score (nSPS) is 19.6. The van der Waals surface area contributed by atoms with Crippen LogP contribution in [0.1, 0.15) is 40.5 Å². The fourth-order valence-electron chi connectivity index (χ4n) is 5.28. The van der Waals surface area contributed by atoms with Gasteiger partial charge in [0.2, 0.25) is 0 Å². The van der Waals surface area contributed by atoms with E-state index in [9.17, 15) is 18.0 Å². The number of benzene rings is 2. The van der Waals surface area contributed by atoms with E-state index in [2.05, 4.69) is 15.1 Å². The summed E-state index contributed by atoms with van der Waals surface area (Å²) in [6.07, 6.45) is 3.63. The smallest absolute Gasteiger partial charge is 0.256 e. The van der Waals surface area contributed by atoms with Crippen molar-refractivity contribution in [1.82, 2.24) is 24.6 Å². The number of imidazole rings is 1. The number of amides is 1. The molecule has 0 unspecified atom stereocenters. The largest absolute Gasteiger partial charge is 0.345 e. The van der Waals surface area contributed by atoms with Crippen molar-refractivity contribution in [3.63, 3.8) is 0 Å². The predicted molar refractivity (Wildman–Crippen MR) is 110 cm³/mol. The number of fused-ring (bicyclic) bond motifs is 5. The molecule has 1 amide bonds. The number of hydrogen-bond donors (Lipinski definition) is 1. The van der Waals surface area contributed by atoms with Crippen LogP contribution in [0.2, 0.25) is 0 Å². The number of carbonyl (C=O) groups is 1. The van der Waals surface area contributed by atoms with Gasteiger partial charge in [-0.3, -0.25) is 9.48 Å². The number of nitrogens with zero attached hydrogens (tertiary/aromatic N) is 4. The van der Waals surface area contributed by atoms with Crippen molar-refractivity contribution in [1.29, 1.82) is 0 Å². The van der Waals surface area contributed by atoms with E-state index in [-0.39, 0.29) is 23.6 Å². The molecule has 162 valence electrons. The molecule has 2 aromatic heterocycles. The third-order valence-electron chi connectivity index (χ3n) is 6.61. The lowest BCUT2D eigenvalue weighted by molar-refractivity contribution is 0.0644. The molecular formula is C23H18F3N5O. The number of H-pyrrole nitrogens is 1. The molecule has 2 atom stereocenters. The SMILES string of the molecule is Cn1nc2c(c1-c1cc(F)c(F)c(F)c1)C[C@H]1CC[C@@H]2N1C(=O)c1cccc2[nH]cnc12. The number of halogens is 3. The number of hydrogen-bond acceptors (Lipinski definition) is 3. The molecule has 1 fully saturated rings. The maximum absolute atomic E-state index is 13.9. The Morgan fingerprint density at radius 3 is 2.72 bits per heavy atom. The summed E-state index contributed by atoms with van der Waals surface area (Å²) in [4.78, 5) is 22.8. The Labute approximate surface area is 180 Å². The summed E-state index contributed by atoms with van der Waals surface area (Å²) in [5, 5.41) is 4.63. The van der Waals surface area contributed by atoms with Gasteiger partial charge in [0.25, 0.3) is 5.91 Å².